The van der Waals surface area contributed by atoms with Gasteiger partial charge >= 0.3 is 5.97 Å². The predicted octanol–water partition coefficient (Wildman–Crippen LogP) is 2.25. The van der Waals surface area contributed by atoms with E-state index in [0.717, 1.165) is 19.3 Å². The van der Waals surface area contributed by atoms with Crippen LogP contribution in [0.25, 0.3) is 0 Å². The Bertz CT molecular complexity index is 361. The van der Waals surface area contributed by atoms with Crippen LogP contribution in [0.1, 0.15) is 59.3 Å². The molecule has 1 amide bonds. The smallest absolute Gasteiger partial charge is 0.309 e. The van der Waals surface area contributed by atoms with Crippen LogP contribution in [-0.2, 0) is 9.59 Å². The number of hydrogen-bond acceptors (Lipinski definition) is 3. The normalized spacial score (nSPS) is 18.6. The molecule has 0 bridgehead atoms. The van der Waals surface area contributed by atoms with E-state index >= 15 is 0 Å². The van der Waals surface area contributed by atoms with Crippen LogP contribution in [-0.4, -0.2) is 41.5 Å². The van der Waals surface area contributed by atoms with Gasteiger partial charge in [0.1, 0.15) is 0 Å². The third-order valence-electron chi connectivity index (χ3n) is 5.39. The third kappa shape index (κ3) is 3.39. The van der Waals surface area contributed by atoms with Crippen LogP contribution in [0.5, 0.6) is 0 Å². The lowest BCUT2D eigenvalue weighted by Gasteiger charge is -2.42. The zero-order chi connectivity index (χ0) is 16.1. The number of carboxylic acid groups (broad SMARTS) is 1. The van der Waals surface area contributed by atoms with Crippen molar-refractivity contribution < 1.29 is 14.7 Å². The summed E-state index contributed by atoms with van der Waals surface area (Å²) in [5.74, 6) is -0.613. The minimum Gasteiger partial charge on any atom is -0.481 e. The average molecular weight is 298 g/mol. The predicted molar refractivity (Wildman–Crippen MR) is 82.9 cm³/mol. The second-order valence-electron chi connectivity index (χ2n) is 6.32. The van der Waals surface area contributed by atoms with Gasteiger partial charge < -0.3 is 15.7 Å². The molecule has 1 rings (SSSR count). The standard InChI is InChI=1S/C16H30N2O3/c1-4-7-16(14(20)21)8-10-18(11-9-16)13(19)15(5-2,6-3)12-17/h4-12,17H2,1-3H3,(H,20,21). The van der Waals surface area contributed by atoms with E-state index < -0.39 is 16.8 Å². The summed E-state index contributed by atoms with van der Waals surface area (Å²) in [6.07, 6.45) is 4.11. The summed E-state index contributed by atoms with van der Waals surface area (Å²) in [5.41, 5.74) is 4.72. The molecule has 0 aromatic rings. The van der Waals surface area contributed by atoms with Crippen LogP contribution >= 0.6 is 0 Å². The molecule has 0 aliphatic carbocycles. The van der Waals surface area contributed by atoms with Gasteiger partial charge in [0.05, 0.1) is 10.8 Å². The Morgan fingerprint density at radius 3 is 2.05 bits per heavy atom. The molecule has 122 valence electrons. The molecular weight excluding hydrogens is 268 g/mol. The topological polar surface area (TPSA) is 83.6 Å². The molecule has 0 aromatic heterocycles. The Kier molecular flexibility index (Phi) is 6.20. The zero-order valence-corrected chi connectivity index (χ0v) is 13.7. The van der Waals surface area contributed by atoms with Crippen molar-refractivity contribution in [2.45, 2.75) is 59.3 Å². The molecule has 5 heteroatoms. The van der Waals surface area contributed by atoms with Gasteiger partial charge in [-0.15, -0.1) is 0 Å². The van der Waals surface area contributed by atoms with Gasteiger partial charge in [-0.05, 0) is 32.1 Å². The number of carbonyl (C=O) groups is 2. The maximum absolute atomic E-state index is 12.8. The molecule has 0 atom stereocenters. The van der Waals surface area contributed by atoms with E-state index in [1.54, 1.807) is 0 Å². The molecular formula is C16H30N2O3. The van der Waals surface area contributed by atoms with E-state index in [9.17, 15) is 14.7 Å². The molecule has 0 aromatic carbocycles. The van der Waals surface area contributed by atoms with Crippen molar-refractivity contribution in [3.05, 3.63) is 0 Å². The highest BCUT2D eigenvalue weighted by Crippen LogP contribution is 2.38. The van der Waals surface area contributed by atoms with Crippen molar-refractivity contribution in [1.29, 1.82) is 0 Å². The van der Waals surface area contributed by atoms with Crippen LogP contribution in [0.15, 0.2) is 0 Å². The van der Waals surface area contributed by atoms with Crippen molar-refractivity contribution in [1.82, 2.24) is 4.90 Å². The molecule has 1 aliphatic heterocycles. The summed E-state index contributed by atoms with van der Waals surface area (Å²) in [7, 11) is 0. The van der Waals surface area contributed by atoms with Gasteiger partial charge in [-0.2, -0.15) is 0 Å². The average Bonchev–Trinajstić information content (AvgIpc) is 2.50. The monoisotopic (exact) mass is 298 g/mol. The second-order valence-corrected chi connectivity index (χ2v) is 6.32. The van der Waals surface area contributed by atoms with Gasteiger partial charge in [-0.3, -0.25) is 9.59 Å². The molecule has 1 aliphatic rings. The van der Waals surface area contributed by atoms with E-state index in [1.807, 2.05) is 25.7 Å². The Morgan fingerprint density at radius 2 is 1.71 bits per heavy atom. The first-order valence-electron chi connectivity index (χ1n) is 8.14. The maximum atomic E-state index is 12.8. The van der Waals surface area contributed by atoms with E-state index in [1.165, 1.54) is 0 Å². The van der Waals surface area contributed by atoms with E-state index in [2.05, 4.69) is 0 Å². The molecule has 0 unspecified atom stereocenters. The fourth-order valence-corrected chi connectivity index (χ4v) is 3.45. The van der Waals surface area contributed by atoms with Crippen molar-refractivity contribution in [3.63, 3.8) is 0 Å². The van der Waals surface area contributed by atoms with Crippen LogP contribution in [0, 0.1) is 10.8 Å². The largest absolute Gasteiger partial charge is 0.481 e. The molecule has 0 radical (unpaired) electrons. The lowest BCUT2D eigenvalue weighted by molar-refractivity contribution is -0.157. The summed E-state index contributed by atoms with van der Waals surface area (Å²) in [6.45, 7) is 7.43. The lowest BCUT2D eigenvalue weighted by Crippen LogP contribution is -2.53. The van der Waals surface area contributed by atoms with Gasteiger partial charge in [0.15, 0.2) is 0 Å². The molecule has 1 saturated heterocycles. The number of amides is 1. The fourth-order valence-electron chi connectivity index (χ4n) is 3.45. The quantitative estimate of drug-likeness (QED) is 0.755. The Hall–Kier alpha value is -1.10. The number of rotatable bonds is 7. The van der Waals surface area contributed by atoms with Crippen molar-refractivity contribution in [2.24, 2.45) is 16.6 Å². The highest BCUT2D eigenvalue weighted by molar-refractivity contribution is 5.83. The van der Waals surface area contributed by atoms with Crippen LogP contribution in [0.2, 0.25) is 0 Å². The number of carboxylic acids is 1. The van der Waals surface area contributed by atoms with E-state index in [-0.39, 0.29) is 5.91 Å². The van der Waals surface area contributed by atoms with Crippen LogP contribution in [0.3, 0.4) is 0 Å². The van der Waals surface area contributed by atoms with Crippen molar-refractivity contribution in [3.8, 4) is 0 Å². The Balaban J connectivity index is 2.80. The number of piperidine rings is 1. The van der Waals surface area contributed by atoms with Crippen molar-refractivity contribution in [2.75, 3.05) is 19.6 Å². The van der Waals surface area contributed by atoms with Crippen LogP contribution < -0.4 is 5.73 Å². The first-order valence-corrected chi connectivity index (χ1v) is 8.14. The number of nitrogens with zero attached hydrogens (tertiary/aromatic N) is 1. The maximum Gasteiger partial charge on any atom is 0.309 e. The SMILES string of the molecule is CCCC1(C(=O)O)CCN(C(=O)C(CC)(CC)CN)CC1. The summed E-state index contributed by atoms with van der Waals surface area (Å²) in [4.78, 5) is 26.2. The first-order chi connectivity index (χ1) is 9.91. The molecule has 1 fully saturated rings. The second kappa shape index (κ2) is 7.25. The number of nitrogens with two attached hydrogens (primary N) is 1. The Morgan fingerprint density at radius 1 is 1.19 bits per heavy atom. The number of likely N-dealkylation sites (tertiary alicyclic amines) is 1. The van der Waals surface area contributed by atoms with Gasteiger partial charge in [-0.25, -0.2) is 0 Å². The zero-order valence-electron chi connectivity index (χ0n) is 13.7. The van der Waals surface area contributed by atoms with E-state index in [4.69, 9.17) is 5.73 Å². The first kappa shape index (κ1) is 18.0. The molecule has 0 spiro atoms. The fraction of sp³-hybridized carbons (Fsp3) is 0.875. The van der Waals surface area contributed by atoms with Gasteiger partial charge in [0.25, 0.3) is 0 Å². The minimum atomic E-state index is -0.715. The molecule has 5 nitrogen and oxygen atoms in total. The highest BCUT2D eigenvalue weighted by atomic mass is 16.4. The molecule has 3 N–H and O–H groups in total. The Labute approximate surface area is 127 Å². The minimum absolute atomic E-state index is 0.102. The highest BCUT2D eigenvalue weighted by Gasteiger charge is 2.44. The molecule has 0 saturated carbocycles. The van der Waals surface area contributed by atoms with Crippen LogP contribution in [0.4, 0.5) is 0 Å². The lowest BCUT2D eigenvalue weighted by atomic mass is 9.74. The molecule has 21 heavy (non-hydrogen) atoms. The van der Waals surface area contributed by atoms with Crippen molar-refractivity contribution >= 4 is 11.9 Å². The summed E-state index contributed by atoms with van der Waals surface area (Å²) in [5, 5.41) is 9.52. The van der Waals surface area contributed by atoms with Gasteiger partial charge in [0, 0.05) is 19.6 Å². The van der Waals surface area contributed by atoms with Gasteiger partial charge in [0.2, 0.25) is 5.91 Å². The number of hydrogen-bond donors (Lipinski definition) is 2. The number of carbonyl (C=O) groups excluding carboxylic acids is 1. The number of aliphatic carboxylic acids is 1. The summed E-state index contributed by atoms with van der Waals surface area (Å²) in [6, 6.07) is 0. The van der Waals surface area contributed by atoms with E-state index in [0.29, 0.717) is 38.9 Å². The molecule has 1 heterocycles. The van der Waals surface area contributed by atoms with Gasteiger partial charge in [-0.1, -0.05) is 27.2 Å². The summed E-state index contributed by atoms with van der Waals surface area (Å²) < 4.78 is 0. The third-order valence-corrected chi connectivity index (χ3v) is 5.39. The summed E-state index contributed by atoms with van der Waals surface area (Å²) >= 11 is 0.